The van der Waals surface area contributed by atoms with Crippen LogP contribution in [0.4, 0.5) is 0 Å². The minimum Gasteiger partial charge on any atom is -0.478 e. The third-order valence-electron chi connectivity index (χ3n) is 5.02. The molecule has 2 heterocycles. The monoisotopic (exact) mass is 397 g/mol. The molecule has 1 amide bonds. The number of piperazine rings is 1. The Bertz CT molecular complexity index is 857. The van der Waals surface area contributed by atoms with Crippen LogP contribution >= 0.6 is 11.3 Å². The van der Waals surface area contributed by atoms with Gasteiger partial charge in [-0.05, 0) is 18.9 Å². The van der Waals surface area contributed by atoms with Crippen molar-refractivity contribution in [3.63, 3.8) is 0 Å². The first-order valence-corrected chi connectivity index (χ1v) is 10.6. The molecule has 0 spiro atoms. The third kappa shape index (κ3) is 3.22. The van der Waals surface area contributed by atoms with Gasteiger partial charge in [-0.15, -0.1) is 11.3 Å². The number of rotatable bonds is 4. The van der Waals surface area contributed by atoms with Gasteiger partial charge in [0, 0.05) is 31.6 Å². The minimum absolute atomic E-state index is 0.0148. The summed E-state index contributed by atoms with van der Waals surface area (Å²) in [5.74, 6) is -1.37. The zero-order chi connectivity index (χ0) is 18.9. The van der Waals surface area contributed by atoms with E-state index < -0.39 is 21.4 Å². The summed E-state index contributed by atoms with van der Waals surface area (Å²) >= 11 is 0.875. The fraction of sp³-hybridized carbons (Fsp3) is 0.562. The van der Waals surface area contributed by atoms with E-state index in [1.807, 2.05) is 0 Å². The van der Waals surface area contributed by atoms with Gasteiger partial charge in [-0.1, -0.05) is 12.8 Å². The van der Waals surface area contributed by atoms with Gasteiger partial charge in [0.25, 0.3) is 10.0 Å². The molecule has 1 saturated heterocycles. The number of aromatic carboxylic acids is 1. The number of carbonyl (C=O) groups is 2. The molecule has 1 saturated carbocycles. The van der Waals surface area contributed by atoms with Crippen LogP contribution < -0.4 is 0 Å². The number of carbonyl (C=O) groups excluding carboxylic acids is 1. The van der Waals surface area contributed by atoms with Crippen molar-refractivity contribution in [1.82, 2.24) is 9.21 Å². The topological polar surface area (TPSA) is 119 Å². The van der Waals surface area contributed by atoms with Crippen LogP contribution in [-0.2, 0) is 14.8 Å². The van der Waals surface area contributed by atoms with Crippen LogP contribution in [0.1, 0.15) is 36.0 Å². The van der Waals surface area contributed by atoms with E-state index in [2.05, 4.69) is 6.07 Å². The SMILES string of the molecule is N#CC1(C(=O)N2CCN(S(=O)(=O)c3cc(C(=O)O)cs3)CC2)CCCC1. The second-order valence-corrected chi connectivity index (χ2v) is 9.63. The maximum atomic E-state index is 12.7. The molecule has 0 aromatic carbocycles. The number of thiophene rings is 1. The summed E-state index contributed by atoms with van der Waals surface area (Å²) < 4.78 is 26.6. The Hall–Kier alpha value is -1.96. The molecular weight excluding hydrogens is 378 g/mol. The Balaban J connectivity index is 1.69. The third-order valence-corrected chi connectivity index (χ3v) is 8.34. The van der Waals surface area contributed by atoms with Crippen LogP contribution in [0.15, 0.2) is 15.7 Å². The fourth-order valence-electron chi connectivity index (χ4n) is 3.48. The molecule has 3 rings (SSSR count). The highest BCUT2D eigenvalue weighted by atomic mass is 32.2. The molecule has 10 heteroatoms. The number of carboxylic acids is 1. The molecule has 0 radical (unpaired) electrons. The Morgan fingerprint density at radius 3 is 2.31 bits per heavy atom. The van der Waals surface area contributed by atoms with Gasteiger partial charge in [-0.2, -0.15) is 9.57 Å². The number of hydrogen-bond acceptors (Lipinski definition) is 6. The molecule has 26 heavy (non-hydrogen) atoms. The lowest BCUT2D eigenvalue weighted by Gasteiger charge is -2.36. The molecule has 1 aromatic rings. The highest BCUT2D eigenvalue weighted by Gasteiger charge is 2.45. The summed E-state index contributed by atoms with van der Waals surface area (Å²) in [7, 11) is -3.78. The average Bonchev–Trinajstić information content (AvgIpc) is 3.31. The highest BCUT2D eigenvalue weighted by Crippen LogP contribution is 2.39. The van der Waals surface area contributed by atoms with Gasteiger partial charge in [-0.25, -0.2) is 13.2 Å². The standard InChI is InChI=1S/C16H19N3O5S2/c17-11-16(3-1-2-4-16)15(22)18-5-7-19(8-6-18)26(23,24)13-9-12(10-25-13)14(20)21/h9-10H,1-8H2,(H,20,21). The molecule has 140 valence electrons. The Morgan fingerprint density at radius 2 is 1.81 bits per heavy atom. The van der Waals surface area contributed by atoms with E-state index in [1.165, 1.54) is 9.69 Å². The van der Waals surface area contributed by atoms with E-state index in [4.69, 9.17) is 5.11 Å². The van der Waals surface area contributed by atoms with Crippen LogP contribution in [-0.4, -0.2) is 60.8 Å². The predicted molar refractivity (Wildman–Crippen MR) is 93.1 cm³/mol. The number of amides is 1. The maximum absolute atomic E-state index is 12.7. The molecule has 0 bridgehead atoms. The highest BCUT2D eigenvalue weighted by molar-refractivity contribution is 7.91. The molecular formula is C16H19N3O5S2. The van der Waals surface area contributed by atoms with Crippen molar-refractivity contribution in [3.8, 4) is 6.07 Å². The number of sulfonamides is 1. The maximum Gasteiger partial charge on any atom is 0.336 e. The Labute approximate surface area is 155 Å². The van der Waals surface area contributed by atoms with Crippen molar-refractivity contribution < 1.29 is 23.1 Å². The van der Waals surface area contributed by atoms with Gasteiger partial charge in [0.05, 0.1) is 11.6 Å². The normalized spacial score (nSPS) is 20.7. The molecule has 8 nitrogen and oxygen atoms in total. The number of nitriles is 1. The first-order chi connectivity index (χ1) is 12.3. The quantitative estimate of drug-likeness (QED) is 0.819. The van der Waals surface area contributed by atoms with E-state index in [0.717, 1.165) is 30.2 Å². The summed E-state index contributed by atoms with van der Waals surface area (Å²) in [4.78, 5) is 25.3. The van der Waals surface area contributed by atoms with Gasteiger partial charge < -0.3 is 10.0 Å². The van der Waals surface area contributed by atoms with Gasteiger partial charge in [0.1, 0.15) is 9.62 Å². The Kier molecular flexibility index (Phi) is 5.05. The molecule has 1 N–H and O–H groups in total. The molecule has 0 atom stereocenters. The Morgan fingerprint density at radius 1 is 1.19 bits per heavy atom. The lowest BCUT2D eigenvalue weighted by molar-refractivity contribution is -0.140. The summed E-state index contributed by atoms with van der Waals surface area (Å²) in [5.41, 5.74) is -1.01. The number of nitrogens with zero attached hydrogens (tertiary/aromatic N) is 3. The molecule has 2 aliphatic rings. The fourth-order valence-corrected chi connectivity index (χ4v) is 6.21. The summed E-state index contributed by atoms with van der Waals surface area (Å²) in [5, 5.41) is 19.7. The van der Waals surface area contributed by atoms with E-state index in [9.17, 15) is 23.3 Å². The van der Waals surface area contributed by atoms with Crippen LogP contribution in [0, 0.1) is 16.7 Å². The average molecular weight is 397 g/mol. The smallest absolute Gasteiger partial charge is 0.336 e. The van der Waals surface area contributed by atoms with E-state index in [1.54, 1.807) is 4.90 Å². The largest absolute Gasteiger partial charge is 0.478 e. The lowest BCUT2D eigenvalue weighted by Crippen LogP contribution is -2.53. The molecule has 2 fully saturated rings. The van der Waals surface area contributed by atoms with Crippen LogP contribution in [0.3, 0.4) is 0 Å². The lowest BCUT2D eigenvalue weighted by atomic mass is 9.86. The summed E-state index contributed by atoms with van der Waals surface area (Å²) in [6.45, 7) is 0.739. The zero-order valence-corrected chi connectivity index (χ0v) is 15.7. The molecule has 1 aliphatic carbocycles. The zero-order valence-electron chi connectivity index (χ0n) is 14.0. The van der Waals surface area contributed by atoms with Gasteiger partial charge in [0.15, 0.2) is 0 Å². The van der Waals surface area contributed by atoms with Crippen molar-refractivity contribution >= 4 is 33.2 Å². The summed E-state index contributed by atoms with van der Waals surface area (Å²) in [6.07, 6.45) is 2.85. The van der Waals surface area contributed by atoms with Crippen LogP contribution in [0.2, 0.25) is 0 Å². The van der Waals surface area contributed by atoms with Crippen LogP contribution in [0.5, 0.6) is 0 Å². The van der Waals surface area contributed by atoms with Crippen molar-refractivity contribution in [2.24, 2.45) is 5.41 Å². The summed E-state index contributed by atoms with van der Waals surface area (Å²) in [6, 6.07) is 3.33. The second kappa shape index (κ2) is 6.98. The number of carboxylic acid groups (broad SMARTS) is 1. The molecule has 1 aromatic heterocycles. The molecule has 1 aliphatic heterocycles. The number of hydrogen-bond donors (Lipinski definition) is 1. The second-order valence-electron chi connectivity index (χ2n) is 6.56. The van der Waals surface area contributed by atoms with Crippen LogP contribution in [0.25, 0.3) is 0 Å². The van der Waals surface area contributed by atoms with Gasteiger partial charge in [-0.3, -0.25) is 4.79 Å². The van der Waals surface area contributed by atoms with Gasteiger partial charge >= 0.3 is 5.97 Å². The van der Waals surface area contributed by atoms with Crippen molar-refractivity contribution in [2.75, 3.05) is 26.2 Å². The van der Waals surface area contributed by atoms with E-state index in [0.29, 0.717) is 12.8 Å². The minimum atomic E-state index is -3.78. The van der Waals surface area contributed by atoms with Crippen molar-refractivity contribution in [3.05, 3.63) is 17.0 Å². The van der Waals surface area contributed by atoms with Crippen molar-refractivity contribution in [1.29, 1.82) is 5.26 Å². The van der Waals surface area contributed by atoms with E-state index >= 15 is 0 Å². The first-order valence-electron chi connectivity index (χ1n) is 8.33. The predicted octanol–water partition coefficient (Wildman–Crippen LogP) is 1.36. The van der Waals surface area contributed by atoms with E-state index in [-0.39, 0.29) is 41.9 Å². The van der Waals surface area contributed by atoms with Gasteiger partial charge in [0.2, 0.25) is 5.91 Å². The van der Waals surface area contributed by atoms with Crippen molar-refractivity contribution in [2.45, 2.75) is 29.9 Å². The molecule has 0 unspecified atom stereocenters. The first kappa shape index (κ1) is 18.8.